The number of pyridine rings is 1. The molecule has 2 rings (SSSR count). The van der Waals surface area contributed by atoms with Crippen LogP contribution in [0, 0.1) is 20.8 Å². The zero-order valence-corrected chi connectivity index (χ0v) is 11.7. The van der Waals surface area contributed by atoms with Gasteiger partial charge < -0.3 is 5.11 Å². The van der Waals surface area contributed by atoms with Crippen LogP contribution in [0.15, 0.2) is 15.3 Å². The molecule has 0 saturated carbocycles. The maximum absolute atomic E-state index is 11.3. The average molecular weight is 281 g/mol. The van der Waals surface area contributed by atoms with Gasteiger partial charge in [-0.05, 0) is 38.4 Å². The van der Waals surface area contributed by atoms with Crippen molar-refractivity contribution in [2.24, 2.45) is 0 Å². The van der Waals surface area contributed by atoms with Crippen LogP contribution in [0.5, 0.6) is 0 Å². The van der Waals surface area contributed by atoms with Gasteiger partial charge in [-0.25, -0.2) is 9.78 Å². The molecule has 2 aromatic rings. The average Bonchev–Trinajstić information content (AvgIpc) is 2.62. The largest absolute Gasteiger partial charge is 0.478 e. The molecule has 0 atom stereocenters. The third-order valence-electron chi connectivity index (χ3n) is 2.21. The lowest BCUT2D eigenvalue weighted by Gasteiger charge is -2.07. The number of hydrogen-bond acceptors (Lipinski definition) is 6. The lowest BCUT2D eigenvalue weighted by Crippen LogP contribution is -2.05. The van der Waals surface area contributed by atoms with Crippen molar-refractivity contribution in [3.63, 3.8) is 0 Å². The number of hydrogen-bond donors (Lipinski definition) is 1. The predicted octanol–water partition coefficient (Wildman–Crippen LogP) is 2.71. The molecule has 5 nitrogen and oxygen atoms in total. The lowest BCUT2D eigenvalue weighted by atomic mass is 10.2. The first-order valence-corrected chi connectivity index (χ1v) is 6.76. The van der Waals surface area contributed by atoms with Crippen molar-refractivity contribution in [1.29, 1.82) is 0 Å². The van der Waals surface area contributed by atoms with Crippen LogP contribution in [0.1, 0.15) is 27.6 Å². The highest BCUT2D eigenvalue weighted by molar-refractivity contribution is 8.01. The second-order valence-corrected chi connectivity index (χ2v) is 5.78. The summed E-state index contributed by atoms with van der Waals surface area (Å²) in [5.74, 6) is -0.273. The molecule has 0 aromatic carbocycles. The van der Waals surface area contributed by atoms with E-state index in [2.05, 4.69) is 14.3 Å². The summed E-state index contributed by atoms with van der Waals surface area (Å²) in [5.41, 5.74) is 1.55. The Labute approximate surface area is 112 Å². The van der Waals surface area contributed by atoms with Crippen LogP contribution < -0.4 is 0 Å². The Morgan fingerprint density at radius 3 is 2.61 bits per heavy atom. The van der Waals surface area contributed by atoms with Crippen molar-refractivity contribution >= 4 is 29.3 Å². The van der Waals surface area contributed by atoms with Gasteiger partial charge >= 0.3 is 5.97 Å². The van der Waals surface area contributed by atoms with E-state index in [9.17, 15) is 9.90 Å². The Balaban J connectivity index is 2.45. The van der Waals surface area contributed by atoms with Crippen molar-refractivity contribution in [2.45, 2.75) is 30.0 Å². The molecule has 1 N–H and O–H groups in total. The molecule has 0 saturated heterocycles. The molecule has 2 aromatic heterocycles. The highest BCUT2D eigenvalue weighted by Gasteiger charge is 2.17. The van der Waals surface area contributed by atoms with Crippen molar-refractivity contribution < 1.29 is 9.90 Å². The van der Waals surface area contributed by atoms with Crippen LogP contribution in [0.2, 0.25) is 0 Å². The number of aryl methyl sites for hydroxylation is 3. The van der Waals surface area contributed by atoms with E-state index in [1.165, 1.54) is 23.3 Å². The summed E-state index contributed by atoms with van der Waals surface area (Å²) in [7, 11) is 0. The Morgan fingerprint density at radius 1 is 1.33 bits per heavy atom. The highest BCUT2D eigenvalue weighted by Crippen LogP contribution is 2.33. The maximum atomic E-state index is 11.3. The normalized spacial score (nSPS) is 10.6. The van der Waals surface area contributed by atoms with Gasteiger partial charge in [0.25, 0.3) is 0 Å². The van der Waals surface area contributed by atoms with E-state index in [1.807, 2.05) is 13.8 Å². The molecule has 0 aliphatic carbocycles. The van der Waals surface area contributed by atoms with Crippen LogP contribution in [0.3, 0.4) is 0 Å². The Bertz CT molecular complexity index is 610. The molecule has 94 valence electrons. The predicted molar refractivity (Wildman–Crippen MR) is 69.4 cm³/mol. The zero-order valence-electron chi connectivity index (χ0n) is 10.1. The minimum atomic E-state index is -0.969. The Kier molecular flexibility index (Phi) is 3.63. The van der Waals surface area contributed by atoms with E-state index in [0.29, 0.717) is 16.4 Å². The van der Waals surface area contributed by atoms with Crippen LogP contribution >= 0.6 is 23.3 Å². The van der Waals surface area contributed by atoms with Gasteiger partial charge in [-0.3, -0.25) is 4.98 Å². The van der Waals surface area contributed by atoms with E-state index in [-0.39, 0.29) is 5.56 Å². The Morgan fingerprint density at radius 2 is 2.06 bits per heavy atom. The first kappa shape index (κ1) is 13.0. The van der Waals surface area contributed by atoms with Gasteiger partial charge in [0.1, 0.15) is 5.82 Å². The van der Waals surface area contributed by atoms with Crippen molar-refractivity contribution in [2.75, 3.05) is 0 Å². The summed E-state index contributed by atoms with van der Waals surface area (Å²) in [6, 6.07) is 1.76. The topological polar surface area (TPSA) is 76.0 Å². The minimum absolute atomic E-state index is 0.235. The van der Waals surface area contributed by atoms with E-state index in [4.69, 9.17) is 0 Å². The minimum Gasteiger partial charge on any atom is -0.478 e. The van der Waals surface area contributed by atoms with Gasteiger partial charge in [0, 0.05) is 10.6 Å². The van der Waals surface area contributed by atoms with E-state index in [0.717, 1.165) is 10.0 Å². The second kappa shape index (κ2) is 5.03. The summed E-state index contributed by atoms with van der Waals surface area (Å²) in [5, 5.41) is 9.23. The number of rotatable bonds is 3. The number of carbonyl (C=O) groups is 1. The smallest absolute Gasteiger partial charge is 0.338 e. The third kappa shape index (κ3) is 2.68. The zero-order chi connectivity index (χ0) is 13.3. The summed E-state index contributed by atoms with van der Waals surface area (Å²) in [6.45, 7) is 5.35. The van der Waals surface area contributed by atoms with Gasteiger partial charge in [-0.2, -0.15) is 4.37 Å². The second-order valence-electron chi connectivity index (χ2n) is 3.74. The molecule has 2 heterocycles. The molecule has 0 spiro atoms. The molecule has 0 radical (unpaired) electrons. The van der Waals surface area contributed by atoms with Crippen LogP contribution in [0.4, 0.5) is 0 Å². The summed E-state index contributed by atoms with van der Waals surface area (Å²) >= 11 is 2.58. The summed E-state index contributed by atoms with van der Waals surface area (Å²) < 4.78 is 4.81. The maximum Gasteiger partial charge on any atom is 0.338 e. The highest BCUT2D eigenvalue weighted by atomic mass is 32.2. The van der Waals surface area contributed by atoms with Crippen LogP contribution in [-0.2, 0) is 0 Å². The molecule has 0 aliphatic rings. The molecule has 0 bridgehead atoms. The quantitative estimate of drug-likeness (QED) is 0.932. The summed E-state index contributed by atoms with van der Waals surface area (Å²) in [6.07, 6.45) is 0. The molecule has 0 fully saturated rings. The number of carboxylic acids is 1. The fourth-order valence-electron chi connectivity index (χ4n) is 1.55. The van der Waals surface area contributed by atoms with Gasteiger partial charge in [0.15, 0.2) is 4.34 Å². The molecular weight excluding hydrogens is 270 g/mol. The molecular formula is C11H11N3O2S2. The fraction of sp³-hybridized carbons (Fsp3) is 0.273. The summed E-state index contributed by atoms with van der Waals surface area (Å²) in [4.78, 5) is 20.3. The molecule has 18 heavy (non-hydrogen) atoms. The van der Waals surface area contributed by atoms with Crippen molar-refractivity contribution in [3.8, 4) is 0 Å². The van der Waals surface area contributed by atoms with Crippen LogP contribution in [0.25, 0.3) is 0 Å². The lowest BCUT2D eigenvalue weighted by molar-refractivity contribution is 0.0691. The molecule has 0 unspecified atom stereocenters. The molecule has 7 heteroatoms. The van der Waals surface area contributed by atoms with Gasteiger partial charge in [0.2, 0.25) is 0 Å². The first-order chi connectivity index (χ1) is 8.47. The first-order valence-electron chi connectivity index (χ1n) is 5.17. The van der Waals surface area contributed by atoms with Crippen molar-refractivity contribution in [3.05, 3.63) is 28.8 Å². The molecule has 0 amide bonds. The monoisotopic (exact) mass is 281 g/mol. The van der Waals surface area contributed by atoms with Gasteiger partial charge in [0.05, 0.1) is 11.3 Å². The van der Waals surface area contributed by atoms with E-state index >= 15 is 0 Å². The standard InChI is InChI=1S/C11H11N3O2S2/c1-5-4-8(9(10(15)16)6(2)12-5)17-11-13-7(3)14-18-11/h4H,1-3H3,(H,15,16). The number of aromatic nitrogens is 3. The van der Waals surface area contributed by atoms with Crippen LogP contribution in [-0.4, -0.2) is 25.4 Å². The fourth-order valence-corrected chi connectivity index (χ4v) is 3.43. The van der Waals surface area contributed by atoms with E-state index in [1.54, 1.807) is 13.0 Å². The number of carboxylic acid groups (broad SMARTS) is 1. The number of aromatic carboxylic acids is 1. The number of nitrogens with zero attached hydrogens (tertiary/aromatic N) is 3. The SMILES string of the molecule is Cc1cc(Sc2nc(C)ns2)c(C(=O)O)c(C)n1. The van der Waals surface area contributed by atoms with Gasteiger partial charge in [-0.1, -0.05) is 11.8 Å². The Hall–Kier alpha value is -1.47. The third-order valence-corrected chi connectivity index (χ3v) is 4.10. The molecule has 0 aliphatic heterocycles. The van der Waals surface area contributed by atoms with Gasteiger partial charge in [-0.15, -0.1) is 0 Å². The van der Waals surface area contributed by atoms with Crippen molar-refractivity contribution in [1.82, 2.24) is 14.3 Å². The van der Waals surface area contributed by atoms with E-state index < -0.39 is 5.97 Å².